The van der Waals surface area contributed by atoms with Gasteiger partial charge < -0.3 is 5.11 Å². The average Bonchev–Trinajstić information content (AvgIpc) is 3.05. The third-order valence-electron chi connectivity index (χ3n) is 4.59. The van der Waals surface area contributed by atoms with Crippen LogP contribution in [0.5, 0.6) is 0 Å². The Morgan fingerprint density at radius 3 is 2.61 bits per heavy atom. The summed E-state index contributed by atoms with van der Waals surface area (Å²) in [6.45, 7) is 7.09. The summed E-state index contributed by atoms with van der Waals surface area (Å²) in [5.41, 5.74) is -0.515. The Bertz CT molecular complexity index is 882. The Morgan fingerprint density at radius 2 is 2.07 bits per heavy atom. The summed E-state index contributed by atoms with van der Waals surface area (Å²) in [6, 6.07) is 1.37. The van der Waals surface area contributed by atoms with Crippen LogP contribution in [0, 0.1) is 0 Å². The van der Waals surface area contributed by atoms with Gasteiger partial charge in [0, 0.05) is 18.7 Å². The fourth-order valence-corrected chi connectivity index (χ4v) is 7.64. The van der Waals surface area contributed by atoms with E-state index >= 15 is 0 Å². The van der Waals surface area contributed by atoms with Crippen molar-refractivity contribution < 1.29 is 21.9 Å². The maximum Gasteiger partial charge on any atom is 0.253 e. The molecule has 1 aliphatic rings. The predicted molar refractivity (Wildman–Crippen MR) is 109 cm³/mol. The molecule has 0 saturated carbocycles. The fraction of sp³-hybridized carbons (Fsp3) is 0.750. The van der Waals surface area contributed by atoms with Gasteiger partial charge in [-0.25, -0.2) is 22.0 Å². The highest BCUT2D eigenvalue weighted by Gasteiger charge is 2.48. The van der Waals surface area contributed by atoms with Crippen molar-refractivity contribution >= 4 is 31.4 Å². The van der Waals surface area contributed by atoms with Crippen LogP contribution in [0.3, 0.4) is 0 Å². The lowest BCUT2D eigenvalue weighted by molar-refractivity contribution is 0.165. The Kier molecular flexibility index (Phi) is 7.65. The van der Waals surface area contributed by atoms with Gasteiger partial charge in [-0.1, -0.05) is 13.8 Å². The zero-order valence-electron chi connectivity index (χ0n) is 16.4. The Balaban J connectivity index is 2.58. The minimum Gasteiger partial charge on any atom is -0.393 e. The highest BCUT2D eigenvalue weighted by molar-refractivity contribution is 7.94. The van der Waals surface area contributed by atoms with Gasteiger partial charge in [-0.3, -0.25) is 10.6 Å². The van der Waals surface area contributed by atoms with Gasteiger partial charge in [0.05, 0.1) is 6.10 Å². The molecule has 0 bridgehead atoms. The summed E-state index contributed by atoms with van der Waals surface area (Å²) in [5, 5.41) is 21.5. The second-order valence-electron chi connectivity index (χ2n) is 7.00. The van der Waals surface area contributed by atoms with Crippen LogP contribution in [0.15, 0.2) is 14.5 Å². The number of likely N-dealkylation sites (N-methyl/N-ethyl adjacent to an activating group) is 1. The first-order valence-corrected chi connectivity index (χ1v) is 13.1. The lowest BCUT2D eigenvalue weighted by Crippen LogP contribution is -2.63. The van der Waals surface area contributed by atoms with Crippen LogP contribution in [-0.2, 0) is 25.7 Å². The highest BCUT2D eigenvalue weighted by Crippen LogP contribution is 2.42. The Morgan fingerprint density at radius 1 is 1.39 bits per heavy atom. The molecule has 162 valence electrons. The van der Waals surface area contributed by atoms with E-state index < -0.39 is 31.8 Å². The van der Waals surface area contributed by atoms with Crippen molar-refractivity contribution in [3.05, 3.63) is 11.6 Å². The van der Waals surface area contributed by atoms with Crippen LogP contribution in [0.4, 0.5) is 0 Å². The van der Waals surface area contributed by atoms with Crippen molar-refractivity contribution in [1.29, 1.82) is 0 Å². The molecule has 0 aromatic carbocycles. The van der Waals surface area contributed by atoms with E-state index in [0.29, 0.717) is 42.8 Å². The van der Waals surface area contributed by atoms with Crippen LogP contribution in [0.2, 0.25) is 0 Å². The molecule has 0 fully saturated rings. The van der Waals surface area contributed by atoms with E-state index in [9.17, 15) is 21.9 Å². The minimum atomic E-state index is -4.03. The normalized spacial score (nSPS) is 23.5. The lowest BCUT2D eigenvalue weighted by atomic mass is 10.0. The molecule has 9 nitrogen and oxygen atoms in total. The molecule has 0 amide bonds. The molecule has 2 unspecified atom stereocenters. The summed E-state index contributed by atoms with van der Waals surface area (Å²) >= 11 is 0.682. The quantitative estimate of drug-likeness (QED) is 0.373. The largest absolute Gasteiger partial charge is 0.393 e. The number of rotatable bonds is 10. The number of hydrogen-bond acceptors (Lipinski definition) is 8. The van der Waals surface area contributed by atoms with Crippen LogP contribution in [0.25, 0.3) is 0 Å². The minimum absolute atomic E-state index is 0.00984. The predicted octanol–water partition coefficient (Wildman–Crippen LogP) is 0.323. The lowest BCUT2D eigenvalue weighted by Gasteiger charge is -2.43. The van der Waals surface area contributed by atoms with Crippen molar-refractivity contribution in [2.45, 2.75) is 60.2 Å². The maximum absolute atomic E-state index is 13.2. The zero-order chi connectivity index (χ0) is 21.2. The van der Waals surface area contributed by atoms with E-state index in [0.717, 1.165) is 6.42 Å². The number of aliphatic hydroxyl groups excluding tert-OH is 1. The van der Waals surface area contributed by atoms with E-state index in [-0.39, 0.29) is 21.5 Å². The van der Waals surface area contributed by atoms with Gasteiger partial charge in [0.25, 0.3) is 10.0 Å². The number of nitrogens with one attached hydrogen (secondary N) is 2. The molecule has 1 aromatic heterocycles. The third-order valence-corrected chi connectivity index (χ3v) is 9.50. The first kappa shape index (κ1) is 23.7. The van der Waals surface area contributed by atoms with E-state index in [4.69, 9.17) is 5.14 Å². The van der Waals surface area contributed by atoms with Crippen LogP contribution < -0.4 is 15.8 Å². The molecule has 0 aliphatic carbocycles. The van der Waals surface area contributed by atoms with E-state index in [1.807, 2.05) is 13.8 Å². The molecule has 0 saturated heterocycles. The molecular formula is C16H30N4O5S3. The monoisotopic (exact) mass is 454 g/mol. The molecule has 0 radical (unpaired) electrons. The second-order valence-corrected chi connectivity index (χ2v) is 12.0. The summed E-state index contributed by atoms with van der Waals surface area (Å²) in [7, 11) is -7.90. The van der Waals surface area contributed by atoms with Crippen LogP contribution in [0.1, 0.15) is 45.6 Å². The maximum atomic E-state index is 13.2. The number of hydrogen-bond donors (Lipinski definition) is 4. The summed E-state index contributed by atoms with van der Waals surface area (Å²) in [5.74, 6) is 0. The van der Waals surface area contributed by atoms with Gasteiger partial charge in [0.2, 0.25) is 10.0 Å². The first-order valence-electron chi connectivity index (χ1n) is 9.33. The van der Waals surface area contributed by atoms with E-state index in [2.05, 4.69) is 10.6 Å². The molecule has 2 atom stereocenters. The number of fused-ring (bicyclic) bond motifs is 1. The van der Waals surface area contributed by atoms with Gasteiger partial charge in [0.1, 0.15) is 14.1 Å². The number of nitrogens with zero attached hydrogens (tertiary/aromatic N) is 1. The molecule has 0 spiro atoms. The SMILES string of the molecule is CCCNC1(NCC)CN(CCCC(C)O)S(=O)(=O)c2sc(S(N)(=O)=O)cc21. The van der Waals surface area contributed by atoms with E-state index in [1.54, 1.807) is 6.92 Å². The first-order chi connectivity index (χ1) is 13.0. The fourth-order valence-electron chi connectivity index (χ4n) is 3.30. The van der Waals surface area contributed by atoms with Crippen molar-refractivity contribution in [1.82, 2.24) is 14.9 Å². The molecule has 12 heteroatoms. The number of thiophene rings is 1. The Labute approximate surface area is 171 Å². The topological polar surface area (TPSA) is 142 Å². The van der Waals surface area contributed by atoms with Crippen molar-refractivity contribution in [3.8, 4) is 0 Å². The van der Waals surface area contributed by atoms with E-state index in [1.165, 1.54) is 10.4 Å². The Hall–Kier alpha value is -0.600. The highest BCUT2D eigenvalue weighted by atomic mass is 32.3. The third kappa shape index (κ3) is 4.93. The summed E-state index contributed by atoms with van der Waals surface area (Å²) in [6.07, 6.45) is 1.28. The van der Waals surface area contributed by atoms with Gasteiger partial charge in [-0.2, -0.15) is 4.31 Å². The second kappa shape index (κ2) is 9.04. The van der Waals surface area contributed by atoms with Crippen molar-refractivity contribution in [3.63, 3.8) is 0 Å². The molecule has 5 N–H and O–H groups in total. The summed E-state index contributed by atoms with van der Waals surface area (Å²) < 4.78 is 51.3. The van der Waals surface area contributed by atoms with Gasteiger partial charge in [-0.05, 0) is 45.3 Å². The molecule has 1 aromatic rings. The van der Waals surface area contributed by atoms with Crippen molar-refractivity contribution in [2.24, 2.45) is 5.14 Å². The number of sulfonamides is 2. The number of primary sulfonamides is 1. The average molecular weight is 455 g/mol. The summed E-state index contributed by atoms with van der Waals surface area (Å²) in [4.78, 5) is 0. The van der Waals surface area contributed by atoms with Gasteiger partial charge in [0.15, 0.2) is 0 Å². The number of aliphatic hydroxyl groups is 1. The van der Waals surface area contributed by atoms with Crippen LogP contribution >= 0.6 is 11.3 Å². The van der Waals surface area contributed by atoms with Crippen LogP contribution in [-0.4, -0.2) is 58.5 Å². The molecule has 1 aliphatic heterocycles. The van der Waals surface area contributed by atoms with Gasteiger partial charge >= 0.3 is 0 Å². The smallest absolute Gasteiger partial charge is 0.253 e. The molecule has 2 rings (SSSR count). The molecule has 2 heterocycles. The standard InChI is InChI=1S/C16H30N4O5S3/c1-4-8-19-16(18-5-2)11-20(9-6-7-12(3)21)28(24,25)15-13(16)10-14(26-15)27(17,22)23/h10,12,18-19,21H,4-9,11H2,1-3H3,(H2,17,22,23). The van der Waals surface area contributed by atoms with Gasteiger partial charge in [-0.15, -0.1) is 11.3 Å². The molecule has 28 heavy (non-hydrogen) atoms. The van der Waals surface area contributed by atoms with Crippen molar-refractivity contribution in [2.75, 3.05) is 26.2 Å². The molecular weight excluding hydrogens is 424 g/mol. The zero-order valence-corrected chi connectivity index (χ0v) is 18.9. The number of nitrogens with two attached hydrogens (primary N) is 1.